The molecule has 0 fully saturated rings. The minimum absolute atomic E-state index is 0.0477. The summed E-state index contributed by atoms with van der Waals surface area (Å²) < 4.78 is 12.2. The summed E-state index contributed by atoms with van der Waals surface area (Å²) >= 11 is 3.54. The van der Waals surface area contributed by atoms with Gasteiger partial charge in [-0.3, -0.25) is 5.10 Å². The predicted octanol–water partition coefficient (Wildman–Crippen LogP) is 3.43. The Morgan fingerprint density at radius 2 is 2.09 bits per heavy atom. The molecule has 2 heterocycles. The Morgan fingerprint density at radius 3 is 2.73 bits per heavy atom. The molecular formula is C15H15BrN2O4. The van der Waals surface area contributed by atoms with E-state index in [2.05, 4.69) is 26.1 Å². The van der Waals surface area contributed by atoms with Crippen LogP contribution in [0.3, 0.4) is 0 Å². The fraction of sp³-hybridized carbons (Fsp3) is 0.333. The number of aromatic carboxylic acids is 1. The van der Waals surface area contributed by atoms with Gasteiger partial charge in [0.05, 0.1) is 5.69 Å². The molecule has 0 saturated heterocycles. The van der Waals surface area contributed by atoms with Gasteiger partial charge in [-0.2, -0.15) is 5.10 Å². The van der Waals surface area contributed by atoms with Gasteiger partial charge in [0.2, 0.25) is 0 Å². The molecule has 116 valence electrons. The number of carbonyl (C=O) groups is 1. The number of nitrogens with zero attached hydrogens (tertiary/aromatic N) is 1. The van der Waals surface area contributed by atoms with Crippen molar-refractivity contribution in [3.8, 4) is 22.8 Å². The molecule has 0 radical (unpaired) electrons. The summed E-state index contributed by atoms with van der Waals surface area (Å²) in [7, 11) is 0. The Kier molecular flexibility index (Phi) is 3.82. The van der Waals surface area contributed by atoms with E-state index in [9.17, 15) is 4.79 Å². The zero-order chi connectivity index (χ0) is 15.9. The van der Waals surface area contributed by atoms with Crippen LogP contribution in [0.15, 0.2) is 16.6 Å². The third-order valence-corrected chi connectivity index (χ3v) is 4.09. The van der Waals surface area contributed by atoms with E-state index in [0.29, 0.717) is 30.4 Å². The molecule has 3 rings (SSSR count). The number of aromatic amines is 1. The number of nitrogens with one attached hydrogen (secondary N) is 1. The number of halogens is 1. The maximum atomic E-state index is 11.1. The van der Waals surface area contributed by atoms with Gasteiger partial charge in [0.1, 0.15) is 18.9 Å². The Balaban J connectivity index is 2.23. The Labute approximate surface area is 135 Å². The summed E-state index contributed by atoms with van der Waals surface area (Å²) in [5.74, 6) is 0.519. The van der Waals surface area contributed by atoms with Crippen molar-refractivity contribution < 1.29 is 19.4 Å². The molecule has 0 spiro atoms. The molecule has 1 aromatic heterocycles. The van der Waals surface area contributed by atoms with Gasteiger partial charge in [-0.25, -0.2) is 4.79 Å². The average Bonchev–Trinajstić information content (AvgIpc) is 2.95. The van der Waals surface area contributed by atoms with Crippen molar-refractivity contribution in [1.82, 2.24) is 10.2 Å². The minimum atomic E-state index is -1.04. The molecule has 0 aliphatic carbocycles. The van der Waals surface area contributed by atoms with E-state index in [0.717, 1.165) is 15.6 Å². The molecule has 22 heavy (non-hydrogen) atoms. The van der Waals surface area contributed by atoms with Crippen molar-refractivity contribution >= 4 is 21.9 Å². The molecule has 0 saturated carbocycles. The molecule has 7 heteroatoms. The normalized spacial score (nSPS) is 13.5. The van der Waals surface area contributed by atoms with Crippen molar-refractivity contribution in [2.75, 3.05) is 13.2 Å². The number of hydrogen-bond donors (Lipinski definition) is 2. The third kappa shape index (κ3) is 2.45. The van der Waals surface area contributed by atoms with Gasteiger partial charge in [-0.1, -0.05) is 13.8 Å². The van der Waals surface area contributed by atoms with Crippen LogP contribution >= 0.6 is 15.9 Å². The van der Waals surface area contributed by atoms with Gasteiger partial charge < -0.3 is 14.6 Å². The summed E-state index contributed by atoms with van der Waals surface area (Å²) in [4.78, 5) is 11.1. The van der Waals surface area contributed by atoms with E-state index in [4.69, 9.17) is 14.6 Å². The first-order chi connectivity index (χ1) is 10.5. The van der Waals surface area contributed by atoms with Gasteiger partial charge in [-0.15, -0.1) is 0 Å². The smallest absolute Gasteiger partial charge is 0.353 e. The number of benzene rings is 1. The van der Waals surface area contributed by atoms with E-state index < -0.39 is 5.97 Å². The topological polar surface area (TPSA) is 84.4 Å². The number of carboxylic acid groups (broad SMARTS) is 1. The lowest BCUT2D eigenvalue weighted by molar-refractivity contribution is 0.0690. The minimum Gasteiger partial charge on any atom is -0.486 e. The molecule has 0 bridgehead atoms. The molecule has 1 aliphatic heterocycles. The first kappa shape index (κ1) is 14.9. The molecule has 0 amide bonds. The summed E-state index contributed by atoms with van der Waals surface area (Å²) in [6.45, 7) is 5.11. The van der Waals surface area contributed by atoms with Crippen LogP contribution in [0, 0.1) is 0 Å². The molecule has 2 aromatic rings. The number of H-pyrrole nitrogens is 1. The molecule has 0 unspecified atom stereocenters. The van der Waals surface area contributed by atoms with Crippen molar-refractivity contribution in [2.24, 2.45) is 0 Å². The maximum absolute atomic E-state index is 11.1. The number of carboxylic acids is 1. The highest BCUT2D eigenvalue weighted by Crippen LogP contribution is 2.47. The van der Waals surface area contributed by atoms with Crippen LogP contribution in [0.2, 0.25) is 0 Å². The summed E-state index contributed by atoms with van der Waals surface area (Å²) in [5.41, 5.74) is 2.38. The second kappa shape index (κ2) is 5.64. The fourth-order valence-electron chi connectivity index (χ4n) is 2.55. The number of rotatable bonds is 3. The zero-order valence-electron chi connectivity index (χ0n) is 12.1. The second-order valence-corrected chi connectivity index (χ2v) is 6.15. The highest BCUT2D eigenvalue weighted by molar-refractivity contribution is 9.10. The Hall–Kier alpha value is -2.02. The second-order valence-electron chi connectivity index (χ2n) is 5.30. The standard InChI is InChI=1S/C15H15BrN2O4/c1-7(2)12-13(9-6-10(15(19)20)18-17-9)8(16)5-11-14(12)22-4-3-21-11/h5-7H,3-4H2,1-2H3,(H,17,18)(H,19,20). The first-order valence-corrected chi connectivity index (χ1v) is 7.69. The number of hydrogen-bond acceptors (Lipinski definition) is 4. The molecule has 0 atom stereocenters. The third-order valence-electron chi connectivity index (χ3n) is 3.46. The fourth-order valence-corrected chi connectivity index (χ4v) is 3.17. The number of aromatic nitrogens is 2. The van der Waals surface area contributed by atoms with Crippen LogP contribution in [-0.4, -0.2) is 34.5 Å². The van der Waals surface area contributed by atoms with Gasteiger partial charge in [0.15, 0.2) is 11.5 Å². The molecule has 6 nitrogen and oxygen atoms in total. The van der Waals surface area contributed by atoms with E-state index in [1.54, 1.807) is 0 Å². The number of fused-ring (bicyclic) bond motifs is 1. The first-order valence-electron chi connectivity index (χ1n) is 6.90. The van der Waals surface area contributed by atoms with Crippen molar-refractivity contribution in [1.29, 1.82) is 0 Å². The average molecular weight is 367 g/mol. The predicted molar refractivity (Wildman–Crippen MR) is 83.8 cm³/mol. The van der Waals surface area contributed by atoms with Gasteiger partial charge in [-0.05, 0) is 34.0 Å². The van der Waals surface area contributed by atoms with E-state index >= 15 is 0 Å². The summed E-state index contributed by atoms with van der Waals surface area (Å²) in [6, 6.07) is 3.36. The van der Waals surface area contributed by atoms with E-state index in [1.165, 1.54) is 6.07 Å². The van der Waals surface area contributed by atoms with Crippen LogP contribution in [0.4, 0.5) is 0 Å². The lowest BCUT2D eigenvalue weighted by Crippen LogP contribution is -2.17. The van der Waals surface area contributed by atoms with Crippen molar-refractivity contribution in [3.05, 3.63) is 27.9 Å². The van der Waals surface area contributed by atoms with Crippen LogP contribution in [-0.2, 0) is 0 Å². The van der Waals surface area contributed by atoms with Crippen molar-refractivity contribution in [3.63, 3.8) is 0 Å². The molecule has 1 aromatic carbocycles. The van der Waals surface area contributed by atoms with Gasteiger partial charge in [0.25, 0.3) is 0 Å². The van der Waals surface area contributed by atoms with Crippen molar-refractivity contribution in [2.45, 2.75) is 19.8 Å². The van der Waals surface area contributed by atoms with Gasteiger partial charge >= 0.3 is 5.97 Å². The highest BCUT2D eigenvalue weighted by atomic mass is 79.9. The largest absolute Gasteiger partial charge is 0.486 e. The van der Waals surface area contributed by atoms with E-state index in [1.807, 2.05) is 19.9 Å². The summed E-state index contributed by atoms with van der Waals surface area (Å²) in [5, 5.41) is 15.7. The maximum Gasteiger partial charge on any atom is 0.353 e. The van der Waals surface area contributed by atoms with Crippen LogP contribution in [0.5, 0.6) is 11.5 Å². The lowest BCUT2D eigenvalue weighted by atomic mass is 9.93. The van der Waals surface area contributed by atoms with Crippen LogP contribution in [0.1, 0.15) is 35.8 Å². The number of ether oxygens (including phenoxy) is 2. The summed E-state index contributed by atoms with van der Waals surface area (Å²) in [6.07, 6.45) is 0. The highest BCUT2D eigenvalue weighted by Gasteiger charge is 2.26. The molecule has 2 N–H and O–H groups in total. The quantitative estimate of drug-likeness (QED) is 0.868. The molecule has 1 aliphatic rings. The monoisotopic (exact) mass is 366 g/mol. The van der Waals surface area contributed by atoms with Gasteiger partial charge in [0, 0.05) is 15.6 Å². The zero-order valence-corrected chi connectivity index (χ0v) is 13.7. The Bertz CT molecular complexity index is 739. The van der Waals surface area contributed by atoms with E-state index in [-0.39, 0.29) is 11.6 Å². The SMILES string of the molecule is CC(C)c1c2c(cc(Br)c1-c1cc(C(=O)O)[nH]n1)OCCO2. The van der Waals surface area contributed by atoms with Crippen LogP contribution in [0.25, 0.3) is 11.3 Å². The lowest BCUT2D eigenvalue weighted by Gasteiger charge is -2.25. The van der Waals surface area contributed by atoms with Crippen LogP contribution < -0.4 is 9.47 Å². The Morgan fingerprint density at radius 1 is 1.36 bits per heavy atom. The molecular weight excluding hydrogens is 352 g/mol.